The first-order valence-corrected chi connectivity index (χ1v) is 16.7. The molecule has 1 atom stereocenters. The van der Waals surface area contributed by atoms with E-state index in [0.29, 0.717) is 32.1 Å². The summed E-state index contributed by atoms with van der Waals surface area (Å²) in [5.74, 6) is -2.31. The molecule has 11 heteroatoms. The molecule has 1 fully saturated rings. The Morgan fingerprint density at radius 1 is 0.970 bits per heavy atom. The van der Waals surface area contributed by atoms with E-state index in [1.165, 1.54) is 44.6 Å². The lowest BCUT2D eigenvalue weighted by Gasteiger charge is -2.39. The molecular formula is C22H39BrF2O6S2. The van der Waals surface area contributed by atoms with Crippen molar-refractivity contribution in [2.24, 2.45) is 0 Å². The largest absolute Gasteiger partial charge is 0.466 e. The number of hydrogen-bond acceptors (Lipinski definition) is 6. The minimum atomic E-state index is -5.58. The van der Waals surface area contributed by atoms with E-state index in [2.05, 4.69) is 20.7 Å². The summed E-state index contributed by atoms with van der Waals surface area (Å²) in [7, 11) is -8.26. The van der Waals surface area contributed by atoms with Crippen LogP contribution in [0, 0.1) is 0 Å². The molecule has 196 valence electrons. The number of alkyl halides is 3. The van der Waals surface area contributed by atoms with Crippen LogP contribution >= 0.6 is 26.2 Å². The number of rotatable bonds is 17. The van der Waals surface area contributed by atoms with Crippen LogP contribution in [0.1, 0.15) is 89.9 Å². The molecule has 0 bridgehead atoms. The van der Waals surface area contributed by atoms with Crippen LogP contribution in [-0.2, 0) is 28.1 Å². The van der Waals surface area contributed by atoms with Crippen molar-refractivity contribution in [3.63, 3.8) is 0 Å². The lowest BCUT2D eigenvalue weighted by atomic mass is 9.99. The molecule has 0 saturated heterocycles. The van der Waals surface area contributed by atoms with E-state index in [0.717, 1.165) is 24.6 Å². The monoisotopic (exact) mass is 580 g/mol. The molecule has 1 rings (SSSR count). The van der Waals surface area contributed by atoms with Crippen LogP contribution in [-0.4, -0.2) is 55.1 Å². The smallest absolute Gasteiger partial charge is 0.460 e. The van der Waals surface area contributed by atoms with Gasteiger partial charge in [0.25, 0.3) is 0 Å². The van der Waals surface area contributed by atoms with Crippen LogP contribution in [0.15, 0.2) is 0 Å². The van der Waals surface area contributed by atoms with E-state index < -0.39 is 36.9 Å². The standard InChI is InChI=1S/C22H39BrF2O6S2/c1-32(2,20-16-12-11-15-19(20)26)31-33(28,29)22(24,25)21(27)30-18-14-10-8-6-4-3-5-7-9-13-17-23/h20H,3-18H2,1-2H3. The van der Waals surface area contributed by atoms with E-state index in [1.807, 2.05) is 0 Å². The third-order valence-electron chi connectivity index (χ3n) is 5.76. The zero-order valence-corrected chi connectivity index (χ0v) is 23.0. The van der Waals surface area contributed by atoms with E-state index in [-0.39, 0.29) is 18.8 Å². The van der Waals surface area contributed by atoms with Gasteiger partial charge in [-0.25, -0.2) is 8.42 Å². The maximum Gasteiger partial charge on any atom is 0.466 e. The van der Waals surface area contributed by atoms with Gasteiger partial charge in [-0.2, -0.15) is 17.2 Å². The van der Waals surface area contributed by atoms with Gasteiger partial charge in [-0.3, -0.25) is 4.79 Å². The predicted molar refractivity (Wildman–Crippen MR) is 133 cm³/mol. The van der Waals surface area contributed by atoms with Crippen molar-refractivity contribution in [3.05, 3.63) is 0 Å². The number of ketones is 1. The second-order valence-electron chi connectivity index (χ2n) is 8.91. The molecule has 0 amide bonds. The van der Waals surface area contributed by atoms with Crippen molar-refractivity contribution in [1.82, 2.24) is 0 Å². The number of unbranched alkanes of at least 4 members (excludes halogenated alkanes) is 9. The summed E-state index contributed by atoms with van der Waals surface area (Å²) >= 11 is 3.41. The maximum atomic E-state index is 14.4. The first-order chi connectivity index (χ1) is 15.5. The quantitative estimate of drug-likeness (QED) is 0.115. The van der Waals surface area contributed by atoms with Gasteiger partial charge >= 0.3 is 21.3 Å². The molecule has 0 heterocycles. The highest BCUT2D eigenvalue weighted by Crippen LogP contribution is 2.53. The van der Waals surface area contributed by atoms with Crippen molar-refractivity contribution >= 4 is 48.1 Å². The number of halogens is 3. The second kappa shape index (κ2) is 15.0. The van der Waals surface area contributed by atoms with Gasteiger partial charge in [0.15, 0.2) is 0 Å². The number of esters is 1. The van der Waals surface area contributed by atoms with E-state index >= 15 is 0 Å². The summed E-state index contributed by atoms with van der Waals surface area (Å²) in [6.07, 6.45) is 15.0. The lowest BCUT2D eigenvalue weighted by molar-refractivity contribution is -0.161. The van der Waals surface area contributed by atoms with Crippen LogP contribution < -0.4 is 0 Å². The summed E-state index contributed by atoms with van der Waals surface area (Å²) < 4.78 is 62.5. The summed E-state index contributed by atoms with van der Waals surface area (Å²) in [6.45, 7) is -0.270. The molecule has 33 heavy (non-hydrogen) atoms. The van der Waals surface area contributed by atoms with Gasteiger partial charge in [-0.15, -0.1) is 10.3 Å². The number of Topliss-reactive ketones (excluding diaryl/α,β-unsaturated/α-hetero) is 1. The normalized spacial score (nSPS) is 18.3. The number of hydrogen-bond donors (Lipinski definition) is 0. The van der Waals surface area contributed by atoms with Gasteiger partial charge in [0, 0.05) is 11.8 Å². The Kier molecular flexibility index (Phi) is 14.0. The molecule has 0 aromatic carbocycles. The van der Waals surface area contributed by atoms with Gasteiger partial charge in [-0.05, 0) is 38.2 Å². The van der Waals surface area contributed by atoms with Crippen molar-refractivity contribution in [2.45, 2.75) is 100 Å². The summed E-state index contributed by atoms with van der Waals surface area (Å²) in [5.41, 5.74) is 0. The van der Waals surface area contributed by atoms with Crippen molar-refractivity contribution < 1.29 is 35.2 Å². The fourth-order valence-electron chi connectivity index (χ4n) is 3.83. The van der Waals surface area contributed by atoms with Gasteiger partial charge in [-0.1, -0.05) is 73.7 Å². The molecule has 1 aliphatic carbocycles. The Hall–Kier alpha value is -0.260. The average molecular weight is 582 g/mol. The maximum absolute atomic E-state index is 14.4. The highest BCUT2D eigenvalue weighted by Gasteiger charge is 2.58. The van der Waals surface area contributed by atoms with Crippen LogP contribution in [0.2, 0.25) is 0 Å². The molecule has 0 spiro atoms. The van der Waals surface area contributed by atoms with Crippen LogP contribution in [0.3, 0.4) is 0 Å². The zero-order chi connectivity index (χ0) is 25.0. The SMILES string of the molecule is CS(C)(OS(=O)(=O)C(F)(F)C(=O)OCCCCCCCCCCCCBr)C1CCCCC1=O. The molecule has 0 radical (unpaired) electrons. The molecule has 0 N–H and O–H groups in total. The molecular weight excluding hydrogens is 542 g/mol. The molecule has 0 aromatic heterocycles. The van der Waals surface area contributed by atoms with Gasteiger partial charge in [0.2, 0.25) is 0 Å². The number of carbonyl (C=O) groups is 2. The van der Waals surface area contributed by atoms with Crippen LogP contribution in [0.4, 0.5) is 8.78 Å². The Bertz CT molecular complexity index is 716. The fraction of sp³-hybridized carbons (Fsp3) is 0.909. The molecule has 0 aromatic rings. The van der Waals surface area contributed by atoms with Gasteiger partial charge in [0.05, 0.1) is 11.9 Å². The number of ether oxygens (including phenoxy) is 1. The van der Waals surface area contributed by atoms with Gasteiger partial charge in [0.1, 0.15) is 5.78 Å². The van der Waals surface area contributed by atoms with Gasteiger partial charge < -0.3 is 4.74 Å². The minimum Gasteiger partial charge on any atom is -0.460 e. The highest BCUT2D eigenvalue weighted by atomic mass is 79.9. The van der Waals surface area contributed by atoms with Crippen molar-refractivity contribution in [2.75, 3.05) is 24.4 Å². The van der Waals surface area contributed by atoms with Crippen LogP contribution in [0.5, 0.6) is 0 Å². The summed E-state index contributed by atoms with van der Waals surface area (Å²) in [4.78, 5) is 23.9. The summed E-state index contributed by atoms with van der Waals surface area (Å²) in [6, 6.07) is 0. The third kappa shape index (κ3) is 10.5. The van der Waals surface area contributed by atoms with Crippen LogP contribution in [0.25, 0.3) is 0 Å². The number of carbonyl (C=O) groups excluding carboxylic acids is 2. The third-order valence-corrected chi connectivity index (χ3v) is 11.1. The molecule has 0 aliphatic heterocycles. The molecule has 1 aliphatic rings. The summed E-state index contributed by atoms with van der Waals surface area (Å²) in [5, 5.41) is -4.51. The Labute approximate surface area is 207 Å². The molecule has 1 saturated carbocycles. The van der Waals surface area contributed by atoms with Crippen molar-refractivity contribution in [3.8, 4) is 0 Å². The average Bonchev–Trinajstić information content (AvgIpc) is 2.73. The Balaban J connectivity index is 2.35. The van der Waals surface area contributed by atoms with E-state index in [9.17, 15) is 26.8 Å². The predicted octanol–water partition coefficient (Wildman–Crippen LogP) is 6.26. The van der Waals surface area contributed by atoms with E-state index in [1.54, 1.807) is 0 Å². The highest BCUT2D eigenvalue weighted by molar-refractivity contribution is 9.09. The van der Waals surface area contributed by atoms with E-state index in [4.69, 9.17) is 3.63 Å². The first kappa shape index (κ1) is 30.8. The zero-order valence-electron chi connectivity index (χ0n) is 19.8. The lowest BCUT2D eigenvalue weighted by Crippen LogP contribution is -2.42. The first-order valence-electron chi connectivity index (χ1n) is 11.8. The Morgan fingerprint density at radius 2 is 1.48 bits per heavy atom. The molecule has 1 unspecified atom stereocenters. The molecule has 6 nitrogen and oxygen atoms in total. The Morgan fingerprint density at radius 3 is 2.00 bits per heavy atom. The minimum absolute atomic E-state index is 0.183. The second-order valence-corrected chi connectivity index (χ2v) is 14.9. The topological polar surface area (TPSA) is 86.7 Å². The van der Waals surface area contributed by atoms with Crippen molar-refractivity contribution in [1.29, 1.82) is 0 Å². The fourth-order valence-corrected chi connectivity index (χ4v) is 8.55.